The first kappa shape index (κ1) is 11.0. The predicted molar refractivity (Wildman–Crippen MR) is 53.0 cm³/mol. The molecule has 0 amide bonds. The molecule has 0 fully saturated rings. The van der Waals surface area contributed by atoms with Gasteiger partial charge in [-0.1, -0.05) is 18.7 Å². The van der Waals surface area contributed by atoms with Crippen molar-refractivity contribution in [2.45, 2.75) is 6.92 Å². The van der Waals surface area contributed by atoms with E-state index in [1.54, 1.807) is 7.11 Å². The molecule has 0 aliphatic carbocycles. The Balaban J connectivity index is 4.02. The number of methoxy groups -OCH3 is 1. The quantitative estimate of drug-likeness (QED) is 0.498. The van der Waals surface area contributed by atoms with E-state index in [-0.39, 0.29) is 0 Å². The predicted octanol–water partition coefficient (Wildman–Crippen LogP) is 1.87. The maximum atomic E-state index is 4.89. The van der Waals surface area contributed by atoms with Crippen molar-refractivity contribution in [1.29, 1.82) is 0 Å². The van der Waals surface area contributed by atoms with Crippen LogP contribution in [0.25, 0.3) is 0 Å². The molecule has 0 atom stereocenters. The molecule has 1 N–H and O–H groups in total. The van der Waals surface area contributed by atoms with Gasteiger partial charge in [0.05, 0.1) is 7.11 Å². The van der Waals surface area contributed by atoms with E-state index in [2.05, 4.69) is 18.0 Å². The van der Waals surface area contributed by atoms with Crippen LogP contribution in [0.2, 0.25) is 0 Å². The zero-order valence-electron chi connectivity index (χ0n) is 8.05. The first-order valence-electron chi connectivity index (χ1n) is 3.95. The first-order valence-corrected chi connectivity index (χ1v) is 3.95. The van der Waals surface area contributed by atoms with Crippen molar-refractivity contribution in [2.75, 3.05) is 20.7 Å². The summed E-state index contributed by atoms with van der Waals surface area (Å²) in [5.74, 6) is 0.672. The van der Waals surface area contributed by atoms with E-state index in [1.807, 2.05) is 26.1 Å². The Bertz CT molecular complexity index is 192. The van der Waals surface area contributed by atoms with Gasteiger partial charge in [-0.15, -0.1) is 0 Å². The fourth-order valence-corrected chi connectivity index (χ4v) is 0.729. The molecule has 12 heavy (non-hydrogen) atoms. The Labute approximate surface area is 74.6 Å². The van der Waals surface area contributed by atoms with Gasteiger partial charge in [-0.25, -0.2) is 0 Å². The minimum absolute atomic E-state index is 0.672. The Morgan fingerprint density at radius 2 is 2.17 bits per heavy atom. The summed E-state index contributed by atoms with van der Waals surface area (Å²) in [6, 6.07) is 0. The van der Waals surface area contributed by atoms with E-state index < -0.39 is 0 Å². The van der Waals surface area contributed by atoms with Crippen molar-refractivity contribution >= 4 is 0 Å². The van der Waals surface area contributed by atoms with E-state index >= 15 is 0 Å². The van der Waals surface area contributed by atoms with Gasteiger partial charge in [0.1, 0.15) is 5.76 Å². The molecule has 0 unspecified atom stereocenters. The Morgan fingerprint density at radius 1 is 1.50 bits per heavy atom. The van der Waals surface area contributed by atoms with Gasteiger partial charge in [0.25, 0.3) is 0 Å². The second-order valence-corrected chi connectivity index (χ2v) is 2.40. The zero-order chi connectivity index (χ0) is 9.40. The van der Waals surface area contributed by atoms with Gasteiger partial charge in [-0.2, -0.15) is 0 Å². The summed E-state index contributed by atoms with van der Waals surface area (Å²) in [6.07, 6.45) is 5.89. The number of rotatable bonds is 5. The molecule has 0 aromatic carbocycles. The molecule has 0 heterocycles. The van der Waals surface area contributed by atoms with Gasteiger partial charge >= 0.3 is 0 Å². The van der Waals surface area contributed by atoms with Crippen LogP contribution in [0.15, 0.2) is 36.1 Å². The molecular formula is C10H17NO. The molecule has 0 aliphatic rings. The highest BCUT2D eigenvalue weighted by atomic mass is 16.5. The normalized spacial score (nSPS) is 12.1. The summed E-state index contributed by atoms with van der Waals surface area (Å²) in [5, 5.41) is 3.07. The van der Waals surface area contributed by atoms with Crippen LogP contribution in [-0.2, 0) is 4.74 Å². The van der Waals surface area contributed by atoms with Crippen LogP contribution >= 0.6 is 0 Å². The minimum Gasteiger partial charge on any atom is -0.497 e. The van der Waals surface area contributed by atoms with Gasteiger partial charge in [0, 0.05) is 6.54 Å². The zero-order valence-corrected chi connectivity index (χ0v) is 8.05. The molecule has 68 valence electrons. The Kier molecular flexibility index (Phi) is 6.11. The van der Waals surface area contributed by atoms with Crippen molar-refractivity contribution < 1.29 is 4.74 Å². The SMILES string of the molecule is C=C(/C=C\C(=C/C)CNC)OC. The highest BCUT2D eigenvalue weighted by molar-refractivity contribution is 5.24. The molecule has 0 spiro atoms. The number of hydrogen-bond acceptors (Lipinski definition) is 2. The molecular weight excluding hydrogens is 150 g/mol. The van der Waals surface area contributed by atoms with Crippen LogP contribution < -0.4 is 5.32 Å². The number of nitrogens with one attached hydrogen (secondary N) is 1. The topological polar surface area (TPSA) is 21.3 Å². The van der Waals surface area contributed by atoms with Gasteiger partial charge in [-0.05, 0) is 25.6 Å². The van der Waals surface area contributed by atoms with Gasteiger partial charge < -0.3 is 10.1 Å². The average Bonchev–Trinajstić information content (AvgIpc) is 2.11. The number of likely N-dealkylation sites (N-methyl/N-ethyl adjacent to an activating group) is 1. The molecule has 0 aromatic heterocycles. The monoisotopic (exact) mass is 167 g/mol. The van der Waals surface area contributed by atoms with Gasteiger partial charge in [0.15, 0.2) is 0 Å². The summed E-state index contributed by atoms with van der Waals surface area (Å²) < 4.78 is 4.89. The van der Waals surface area contributed by atoms with Gasteiger partial charge in [-0.3, -0.25) is 0 Å². The Morgan fingerprint density at radius 3 is 2.58 bits per heavy atom. The molecule has 0 bridgehead atoms. The molecule has 0 aliphatic heterocycles. The second-order valence-electron chi connectivity index (χ2n) is 2.40. The summed E-state index contributed by atoms with van der Waals surface area (Å²) in [7, 11) is 3.53. The second kappa shape index (κ2) is 6.68. The fraction of sp³-hybridized carbons (Fsp3) is 0.400. The van der Waals surface area contributed by atoms with E-state index in [9.17, 15) is 0 Å². The first-order chi connectivity index (χ1) is 5.74. The third kappa shape index (κ3) is 4.74. The maximum absolute atomic E-state index is 4.89. The molecule has 2 heteroatoms. The molecule has 0 saturated carbocycles. The van der Waals surface area contributed by atoms with E-state index in [0.717, 1.165) is 6.54 Å². The summed E-state index contributed by atoms with van der Waals surface area (Å²) >= 11 is 0. The lowest BCUT2D eigenvalue weighted by Crippen LogP contribution is -2.08. The van der Waals surface area contributed by atoms with Crippen LogP contribution in [0, 0.1) is 0 Å². The molecule has 0 radical (unpaired) electrons. The number of hydrogen-bond donors (Lipinski definition) is 1. The molecule has 0 saturated heterocycles. The van der Waals surface area contributed by atoms with Crippen molar-refractivity contribution in [1.82, 2.24) is 5.32 Å². The van der Waals surface area contributed by atoms with Crippen molar-refractivity contribution in [3.05, 3.63) is 36.1 Å². The van der Waals surface area contributed by atoms with Crippen molar-refractivity contribution in [3.63, 3.8) is 0 Å². The molecule has 0 aromatic rings. The minimum atomic E-state index is 0.672. The lowest BCUT2D eigenvalue weighted by Gasteiger charge is -2.00. The van der Waals surface area contributed by atoms with Crippen molar-refractivity contribution in [3.8, 4) is 0 Å². The third-order valence-corrected chi connectivity index (χ3v) is 1.50. The van der Waals surface area contributed by atoms with Crippen LogP contribution in [0.5, 0.6) is 0 Å². The lowest BCUT2D eigenvalue weighted by molar-refractivity contribution is 0.309. The molecule has 0 rings (SSSR count). The van der Waals surface area contributed by atoms with Crippen molar-refractivity contribution in [2.24, 2.45) is 0 Å². The Hall–Kier alpha value is -1.02. The highest BCUT2D eigenvalue weighted by Crippen LogP contribution is 1.99. The lowest BCUT2D eigenvalue weighted by atomic mass is 10.2. The maximum Gasteiger partial charge on any atom is 0.111 e. The number of ether oxygens (including phenoxy) is 1. The summed E-state index contributed by atoms with van der Waals surface area (Å²) in [5.41, 5.74) is 1.22. The fourth-order valence-electron chi connectivity index (χ4n) is 0.729. The van der Waals surface area contributed by atoms with E-state index in [4.69, 9.17) is 4.74 Å². The van der Waals surface area contributed by atoms with Crippen LogP contribution in [0.1, 0.15) is 6.92 Å². The summed E-state index contributed by atoms with van der Waals surface area (Å²) in [6.45, 7) is 6.55. The summed E-state index contributed by atoms with van der Waals surface area (Å²) in [4.78, 5) is 0. The van der Waals surface area contributed by atoms with E-state index in [1.165, 1.54) is 5.57 Å². The average molecular weight is 167 g/mol. The highest BCUT2D eigenvalue weighted by Gasteiger charge is 1.88. The van der Waals surface area contributed by atoms with Crippen LogP contribution in [-0.4, -0.2) is 20.7 Å². The van der Waals surface area contributed by atoms with Crippen LogP contribution in [0.3, 0.4) is 0 Å². The molecule has 2 nitrogen and oxygen atoms in total. The largest absolute Gasteiger partial charge is 0.497 e. The third-order valence-electron chi connectivity index (χ3n) is 1.50. The van der Waals surface area contributed by atoms with E-state index in [0.29, 0.717) is 5.76 Å². The smallest absolute Gasteiger partial charge is 0.111 e. The number of allylic oxidation sites excluding steroid dienone is 2. The van der Waals surface area contributed by atoms with Crippen LogP contribution in [0.4, 0.5) is 0 Å². The van der Waals surface area contributed by atoms with Gasteiger partial charge in [0.2, 0.25) is 0 Å². The standard InChI is InChI=1S/C10H17NO/c1-5-10(8-11-3)7-6-9(2)12-4/h5-7,11H,2,8H2,1,3-4H3/b7-6-,10-5+.